The normalized spacial score (nSPS) is 10.7. The van der Waals surface area contributed by atoms with Crippen molar-refractivity contribution in [3.05, 3.63) is 52.2 Å². The van der Waals surface area contributed by atoms with Crippen molar-refractivity contribution in [1.82, 2.24) is 4.98 Å². The van der Waals surface area contributed by atoms with Gasteiger partial charge in [-0.15, -0.1) is 22.7 Å². The number of rotatable bonds is 5. The fraction of sp³-hybridized carbons (Fsp3) is 0.188. The van der Waals surface area contributed by atoms with Gasteiger partial charge < -0.3 is 10.5 Å². The number of benzene rings is 1. The van der Waals surface area contributed by atoms with Crippen molar-refractivity contribution in [3.8, 4) is 16.3 Å². The summed E-state index contributed by atoms with van der Waals surface area (Å²) in [5.41, 5.74) is 8.15. The predicted octanol–water partition coefficient (Wildman–Crippen LogP) is 4.44. The third kappa shape index (κ3) is 3.25. The van der Waals surface area contributed by atoms with E-state index in [9.17, 15) is 0 Å². The number of aromatic nitrogens is 1. The Balaban J connectivity index is 1.85. The van der Waals surface area contributed by atoms with Crippen LogP contribution in [0, 0.1) is 0 Å². The van der Waals surface area contributed by atoms with Crippen LogP contribution in [0.15, 0.2) is 41.8 Å². The van der Waals surface area contributed by atoms with E-state index >= 15 is 0 Å². The van der Waals surface area contributed by atoms with Crippen molar-refractivity contribution >= 4 is 27.8 Å². The summed E-state index contributed by atoms with van der Waals surface area (Å²) in [5.74, 6) is 0.906. The summed E-state index contributed by atoms with van der Waals surface area (Å²) in [7, 11) is 0. The second kappa shape index (κ2) is 6.28. The summed E-state index contributed by atoms with van der Waals surface area (Å²) in [6.45, 7) is 2.68. The van der Waals surface area contributed by atoms with E-state index in [-0.39, 0.29) is 0 Å². The van der Waals surface area contributed by atoms with Crippen LogP contribution in [-0.4, -0.2) is 11.6 Å². The molecule has 0 saturated heterocycles. The monoisotopic (exact) mass is 316 g/mol. The summed E-state index contributed by atoms with van der Waals surface area (Å²) in [4.78, 5) is 6.86. The molecule has 0 atom stereocenters. The van der Waals surface area contributed by atoms with Gasteiger partial charge in [0.25, 0.3) is 0 Å². The predicted molar refractivity (Wildman–Crippen MR) is 90.3 cm³/mol. The van der Waals surface area contributed by atoms with E-state index in [2.05, 4.69) is 28.6 Å². The summed E-state index contributed by atoms with van der Waals surface area (Å²) < 4.78 is 5.47. The molecule has 0 bridgehead atoms. The molecule has 2 N–H and O–H groups in total. The lowest BCUT2D eigenvalue weighted by atomic mass is 10.1. The highest BCUT2D eigenvalue weighted by molar-refractivity contribution is 7.17. The van der Waals surface area contributed by atoms with Gasteiger partial charge in [-0.1, -0.05) is 18.2 Å². The number of thiazole rings is 1. The minimum Gasteiger partial charge on any atom is -0.494 e. The molecule has 5 heteroatoms. The zero-order chi connectivity index (χ0) is 14.7. The van der Waals surface area contributed by atoms with Gasteiger partial charge >= 0.3 is 0 Å². The largest absolute Gasteiger partial charge is 0.494 e. The minimum atomic E-state index is 0.624. The quantitative estimate of drug-likeness (QED) is 0.757. The molecule has 2 heterocycles. The third-order valence-corrected chi connectivity index (χ3v) is 4.83. The fourth-order valence-electron chi connectivity index (χ4n) is 2.15. The summed E-state index contributed by atoms with van der Waals surface area (Å²) in [6.07, 6.45) is 0.842. The zero-order valence-electron chi connectivity index (χ0n) is 11.7. The summed E-state index contributed by atoms with van der Waals surface area (Å²) >= 11 is 3.26. The summed E-state index contributed by atoms with van der Waals surface area (Å²) in [6, 6.07) is 12.3. The Hall–Kier alpha value is -1.85. The van der Waals surface area contributed by atoms with Crippen molar-refractivity contribution in [2.75, 3.05) is 12.3 Å². The maximum absolute atomic E-state index is 5.89. The number of nitrogens with two attached hydrogens (primary N) is 1. The van der Waals surface area contributed by atoms with E-state index in [0.29, 0.717) is 11.7 Å². The van der Waals surface area contributed by atoms with E-state index < -0.39 is 0 Å². The first-order valence-electron chi connectivity index (χ1n) is 6.77. The van der Waals surface area contributed by atoms with Gasteiger partial charge in [-0.3, -0.25) is 0 Å². The molecule has 3 rings (SSSR count). The Morgan fingerprint density at radius 1 is 1.19 bits per heavy atom. The molecule has 108 valence electrons. The molecule has 0 aliphatic rings. The molecule has 0 saturated carbocycles. The zero-order valence-corrected chi connectivity index (χ0v) is 13.3. The van der Waals surface area contributed by atoms with E-state index in [4.69, 9.17) is 10.5 Å². The Morgan fingerprint density at radius 3 is 2.67 bits per heavy atom. The maximum atomic E-state index is 5.89. The average Bonchev–Trinajstić information content (AvgIpc) is 3.11. The number of nitrogen functional groups attached to an aromatic ring is 1. The van der Waals surface area contributed by atoms with E-state index in [0.717, 1.165) is 17.9 Å². The van der Waals surface area contributed by atoms with Crippen LogP contribution in [0.4, 0.5) is 5.13 Å². The number of hydrogen-bond acceptors (Lipinski definition) is 5. The molecule has 3 aromatic rings. The SMILES string of the molecule is CCOc1ccc(Cc2sc(N)nc2-c2cccs2)cc1. The topological polar surface area (TPSA) is 48.1 Å². The molecule has 0 radical (unpaired) electrons. The molecular weight excluding hydrogens is 300 g/mol. The number of anilines is 1. The Morgan fingerprint density at radius 2 is 2.00 bits per heavy atom. The van der Waals surface area contributed by atoms with Crippen LogP contribution in [-0.2, 0) is 6.42 Å². The molecule has 1 aromatic carbocycles. The van der Waals surface area contributed by atoms with Gasteiger partial charge in [-0.25, -0.2) is 4.98 Å². The van der Waals surface area contributed by atoms with Crippen LogP contribution >= 0.6 is 22.7 Å². The maximum Gasteiger partial charge on any atom is 0.180 e. The Labute approximate surface area is 132 Å². The Bertz CT molecular complexity index is 702. The lowest BCUT2D eigenvalue weighted by Crippen LogP contribution is -1.92. The first-order chi connectivity index (χ1) is 10.3. The van der Waals surface area contributed by atoms with Crippen LogP contribution in [0.2, 0.25) is 0 Å². The molecule has 0 fully saturated rings. The number of hydrogen-bond donors (Lipinski definition) is 1. The molecule has 2 aromatic heterocycles. The lowest BCUT2D eigenvalue weighted by Gasteiger charge is -2.05. The Kier molecular flexibility index (Phi) is 4.22. The number of thiophene rings is 1. The van der Waals surface area contributed by atoms with Crippen LogP contribution in [0.25, 0.3) is 10.6 Å². The van der Waals surface area contributed by atoms with E-state index in [1.54, 1.807) is 22.7 Å². The molecule has 21 heavy (non-hydrogen) atoms. The molecule has 0 unspecified atom stereocenters. The number of ether oxygens (including phenoxy) is 1. The van der Waals surface area contributed by atoms with Crippen molar-refractivity contribution in [3.63, 3.8) is 0 Å². The van der Waals surface area contributed by atoms with Crippen LogP contribution < -0.4 is 10.5 Å². The third-order valence-electron chi connectivity index (χ3n) is 3.07. The van der Waals surface area contributed by atoms with Crippen LogP contribution in [0.1, 0.15) is 17.4 Å². The average molecular weight is 316 g/mol. The van der Waals surface area contributed by atoms with Gasteiger partial charge in [0, 0.05) is 11.3 Å². The first-order valence-corrected chi connectivity index (χ1v) is 8.46. The van der Waals surface area contributed by atoms with Gasteiger partial charge in [0.15, 0.2) is 5.13 Å². The molecule has 0 aliphatic carbocycles. The highest BCUT2D eigenvalue weighted by atomic mass is 32.1. The highest BCUT2D eigenvalue weighted by Gasteiger charge is 2.13. The van der Waals surface area contributed by atoms with Crippen molar-refractivity contribution in [2.24, 2.45) is 0 Å². The second-order valence-corrected chi connectivity index (χ2v) is 6.62. The van der Waals surface area contributed by atoms with Gasteiger partial charge in [0.05, 0.1) is 17.2 Å². The van der Waals surface area contributed by atoms with Crippen LogP contribution in [0.5, 0.6) is 5.75 Å². The van der Waals surface area contributed by atoms with Gasteiger partial charge in [-0.05, 0) is 36.1 Å². The minimum absolute atomic E-state index is 0.624. The van der Waals surface area contributed by atoms with Gasteiger partial charge in [-0.2, -0.15) is 0 Å². The summed E-state index contributed by atoms with van der Waals surface area (Å²) in [5, 5.41) is 2.69. The van der Waals surface area contributed by atoms with Gasteiger partial charge in [0.1, 0.15) is 5.75 Å². The van der Waals surface area contributed by atoms with Gasteiger partial charge in [0.2, 0.25) is 0 Å². The highest BCUT2D eigenvalue weighted by Crippen LogP contribution is 2.34. The molecule has 0 amide bonds. The molecule has 3 nitrogen and oxygen atoms in total. The lowest BCUT2D eigenvalue weighted by molar-refractivity contribution is 0.340. The second-order valence-electron chi connectivity index (χ2n) is 4.55. The van der Waals surface area contributed by atoms with Crippen molar-refractivity contribution in [2.45, 2.75) is 13.3 Å². The first kappa shape index (κ1) is 14.1. The molecular formula is C16H16N2OS2. The van der Waals surface area contributed by atoms with Crippen molar-refractivity contribution < 1.29 is 4.74 Å². The molecule has 0 aliphatic heterocycles. The van der Waals surface area contributed by atoms with E-state index in [1.807, 2.05) is 25.1 Å². The smallest absolute Gasteiger partial charge is 0.180 e. The van der Waals surface area contributed by atoms with E-state index in [1.165, 1.54) is 15.3 Å². The number of nitrogens with zero attached hydrogens (tertiary/aromatic N) is 1. The fourth-order valence-corrected chi connectivity index (χ4v) is 3.84. The van der Waals surface area contributed by atoms with Crippen molar-refractivity contribution in [1.29, 1.82) is 0 Å². The standard InChI is InChI=1S/C16H16N2OS2/c1-2-19-12-7-5-11(6-8-12)10-14-15(18-16(17)21-14)13-4-3-9-20-13/h3-9H,2,10H2,1H3,(H2,17,18). The molecule has 0 spiro atoms. The van der Waals surface area contributed by atoms with Crippen LogP contribution in [0.3, 0.4) is 0 Å².